The van der Waals surface area contributed by atoms with Gasteiger partial charge in [-0.05, 0) is 12.8 Å². The second-order valence-corrected chi connectivity index (χ2v) is 17.2. The Kier molecular flexibility index (Phi) is 40.9. The number of phosphoric ester groups is 1. The quantitative estimate of drug-likeness (QED) is 0.0316. The van der Waals surface area contributed by atoms with Crippen LogP contribution in [0.3, 0.4) is 0 Å². The van der Waals surface area contributed by atoms with Gasteiger partial charge < -0.3 is 20.1 Å². The van der Waals surface area contributed by atoms with Crippen LogP contribution < -0.4 is 5.32 Å². The first-order valence-electron chi connectivity index (χ1n) is 23.0. The van der Waals surface area contributed by atoms with E-state index in [4.69, 9.17) is 13.8 Å². The highest BCUT2D eigenvalue weighted by Crippen LogP contribution is 2.42. The number of amides is 1. The van der Waals surface area contributed by atoms with Crippen LogP contribution in [0.1, 0.15) is 239 Å². The van der Waals surface area contributed by atoms with E-state index < -0.39 is 26.5 Å². The van der Waals surface area contributed by atoms with Crippen LogP contribution in [0.5, 0.6) is 0 Å². The molecule has 322 valence electrons. The molecule has 0 spiro atoms. The van der Waals surface area contributed by atoms with Crippen molar-refractivity contribution in [1.82, 2.24) is 5.32 Å². The molecule has 1 amide bonds. The number of ether oxygens (including phenoxy) is 1. The molecule has 0 bridgehead atoms. The second kappa shape index (κ2) is 41.6. The lowest BCUT2D eigenvalue weighted by Crippen LogP contribution is -2.27. The number of hydrogen-bond donors (Lipinski definition) is 3. The van der Waals surface area contributed by atoms with Gasteiger partial charge in [-0.1, -0.05) is 213 Å². The standard InChI is InChI=1S/C44H88NO8P/c1-3-5-7-9-11-13-14-15-16-17-18-19-20-21-22-23-24-25-26-27-29-30-32-34-36-43(47)45-38-39-52-54(49,50)53-41-42(46)40-51-44(48)37-35-33-31-28-12-10-8-6-4-2/h42,46H,3-41H2,1-2H3,(H,45,47)(H,49,50). The first-order valence-corrected chi connectivity index (χ1v) is 24.5. The Morgan fingerprint density at radius 2 is 0.833 bits per heavy atom. The zero-order valence-electron chi connectivity index (χ0n) is 35.4. The number of nitrogens with one attached hydrogen (secondary N) is 1. The third kappa shape index (κ3) is 42.2. The molecule has 0 fully saturated rings. The molecule has 0 saturated carbocycles. The van der Waals surface area contributed by atoms with Crippen LogP contribution >= 0.6 is 7.82 Å². The number of rotatable bonds is 44. The molecule has 9 nitrogen and oxygen atoms in total. The van der Waals surface area contributed by atoms with E-state index in [1.807, 2.05) is 0 Å². The lowest BCUT2D eigenvalue weighted by Gasteiger charge is -2.15. The van der Waals surface area contributed by atoms with Gasteiger partial charge in [-0.25, -0.2) is 4.57 Å². The van der Waals surface area contributed by atoms with E-state index in [2.05, 4.69) is 19.2 Å². The Labute approximate surface area is 333 Å². The maximum absolute atomic E-state index is 12.1. The van der Waals surface area contributed by atoms with Crippen molar-refractivity contribution in [2.24, 2.45) is 0 Å². The van der Waals surface area contributed by atoms with Crippen molar-refractivity contribution in [1.29, 1.82) is 0 Å². The zero-order valence-corrected chi connectivity index (χ0v) is 36.3. The highest BCUT2D eigenvalue weighted by Gasteiger charge is 2.23. The molecule has 0 aromatic heterocycles. The van der Waals surface area contributed by atoms with Crippen molar-refractivity contribution >= 4 is 19.7 Å². The van der Waals surface area contributed by atoms with Crippen LogP contribution in [0.2, 0.25) is 0 Å². The van der Waals surface area contributed by atoms with Crippen LogP contribution in [0.4, 0.5) is 0 Å². The summed E-state index contributed by atoms with van der Waals surface area (Å²) in [6, 6.07) is 0. The molecule has 3 N–H and O–H groups in total. The SMILES string of the molecule is CCCCCCCCCCCCCCCCCCCCCCCCCCC(=O)NCCOP(=O)(O)OCC(O)COC(=O)CCCCCCCCCCC. The van der Waals surface area contributed by atoms with Crippen LogP contribution in [0, 0.1) is 0 Å². The van der Waals surface area contributed by atoms with E-state index in [-0.39, 0.29) is 32.1 Å². The minimum absolute atomic E-state index is 0.0885. The lowest BCUT2D eigenvalue weighted by atomic mass is 10.0. The molecule has 10 heteroatoms. The normalized spacial score (nSPS) is 13.2. The van der Waals surface area contributed by atoms with Crippen molar-refractivity contribution in [3.63, 3.8) is 0 Å². The van der Waals surface area contributed by atoms with Crippen molar-refractivity contribution in [3.8, 4) is 0 Å². The molecule has 0 aliphatic rings. The largest absolute Gasteiger partial charge is 0.472 e. The van der Waals surface area contributed by atoms with Gasteiger partial charge in [-0.2, -0.15) is 0 Å². The van der Waals surface area contributed by atoms with Crippen LogP contribution in [-0.2, 0) is 27.9 Å². The summed E-state index contributed by atoms with van der Waals surface area (Å²) in [5.74, 6) is -0.507. The lowest BCUT2D eigenvalue weighted by molar-refractivity contribution is -0.147. The summed E-state index contributed by atoms with van der Waals surface area (Å²) >= 11 is 0. The molecule has 0 aliphatic heterocycles. The highest BCUT2D eigenvalue weighted by atomic mass is 31.2. The second-order valence-electron chi connectivity index (χ2n) is 15.7. The molecule has 0 radical (unpaired) electrons. The summed E-state index contributed by atoms with van der Waals surface area (Å²) < 4.78 is 26.8. The molecule has 0 saturated heterocycles. The predicted octanol–water partition coefficient (Wildman–Crippen LogP) is 12.8. The maximum atomic E-state index is 12.1. The first-order chi connectivity index (χ1) is 26.3. The average molecular weight is 790 g/mol. The fourth-order valence-electron chi connectivity index (χ4n) is 6.79. The molecule has 0 aliphatic carbocycles. The van der Waals surface area contributed by atoms with Crippen molar-refractivity contribution in [2.75, 3.05) is 26.4 Å². The maximum Gasteiger partial charge on any atom is 0.472 e. The number of carbonyl (C=O) groups excluding carboxylic acids is 2. The molecule has 54 heavy (non-hydrogen) atoms. The number of esters is 1. The van der Waals surface area contributed by atoms with E-state index in [9.17, 15) is 24.2 Å². The Bertz CT molecular complexity index is 860. The summed E-state index contributed by atoms with van der Waals surface area (Å²) in [6.07, 6.45) is 42.0. The molecule has 0 heterocycles. The van der Waals surface area contributed by atoms with Gasteiger partial charge in [-0.3, -0.25) is 18.6 Å². The minimum Gasteiger partial charge on any atom is -0.463 e. The van der Waals surface area contributed by atoms with Gasteiger partial charge in [0.25, 0.3) is 0 Å². The Balaban J connectivity index is 3.47. The van der Waals surface area contributed by atoms with E-state index in [1.165, 1.54) is 173 Å². The Hall–Kier alpha value is -0.990. The van der Waals surface area contributed by atoms with Crippen LogP contribution in [0.25, 0.3) is 0 Å². The number of unbranched alkanes of at least 4 members (excludes halogenated alkanes) is 31. The Morgan fingerprint density at radius 3 is 1.20 bits per heavy atom. The fourth-order valence-corrected chi connectivity index (χ4v) is 7.55. The fraction of sp³-hybridized carbons (Fsp3) is 0.955. The zero-order chi connectivity index (χ0) is 39.6. The monoisotopic (exact) mass is 790 g/mol. The molecule has 2 atom stereocenters. The smallest absolute Gasteiger partial charge is 0.463 e. The number of aliphatic hydroxyl groups excluding tert-OH is 1. The summed E-state index contributed by atoms with van der Waals surface area (Å²) in [5.41, 5.74) is 0. The van der Waals surface area contributed by atoms with Gasteiger partial charge in [0.05, 0.1) is 13.2 Å². The van der Waals surface area contributed by atoms with Crippen LogP contribution in [-0.4, -0.2) is 54.3 Å². The average Bonchev–Trinajstić information content (AvgIpc) is 3.16. The van der Waals surface area contributed by atoms with Gasteiger partial charge in [0.2, 0.25) is 5.91 Å². The number of hydrogen-bond acceptors (Lipinski definition) is 7. The summed E-state index contributed by atoms with van der Waals surface area (Å²) in [7, 11) is -4.40. The van der Waals surface area contributed by atoms with Crippen LogP contribution in [0.15, 0.2) is 0 Å². The molecule has 2 unspecified atom stereocenters. The van der Waals surface area contributed by atoms with E-state index in [0.717, 1.165) is 38.5 Å². The highest BCUT2D eigenvalue weighted by molar-refractivity contribution is 7.47. The number of carbonyl (C=O) groups is 2. The van der Waals surface area contributed by atoms with Gasteiger partial charge in [0.15, 0.2) is 0 Å². The van der Waals surface area contributed by atoms with E-state index in [0.29, 0.717) is 6.42 Å². The molecule has 0 aromatic carbocycles. The molecule has 0 aromatic rings. The van der Waals surface area contributed by atoms with Gasteiger partial charge in [0, 0.05) is 19.4 Å². The van der Waals surface area contributed by atoms with Crippen molar-refractivity contribution in [2.45, 2.75) is 245 Å². The van der Waals surface area contributed by atoms with Gasteiger partial charge >= 0.3 is 13.8 Å². The van der Waals surface area contributed by atoms with Crippen molar-refractivity contribution in [3.05, 3.63) is 0 Å². The van der Waals surface area contributed by atoms with E-state index in [1.54, 1.807) is 0 Å². The third-order valence-corrected chi connectivity index (χ3v) is 11.3. The predicted molar refractivity (Wildman–Crippen MR) is 225 cm³/mol. The third-order valence-electron chi connectivity index (χ3n) is 10.3. The topological polar surface area (TPSA) is 131 Å². The minimum atomic E-state index is -4.40. The summed E-state index contributed by atoms with van der Waals surface area (Å²) in [5, 5.41) is 12.7. The first kappa shape index (κ1) is 53.0. The molecular formula is C44H88NO8P. The summed E-state index contributed by atoms with van der Waals surface area (Å²) in [6.45, 7) is 3.57. The number of aliphatic hydroxyl groups is 1. The summed E-state index contributed by atoms with van der Waals surface area (Å²) in [4.78, 5) is 33.8. The number of phosphoric acid groups is 1. The van der Waals surface area contributed by atoms with E-state index >= 15 is 0 Å². The molecular weight excluding hydrogens is 701 g/mol. The molecule has 0 rings (SSSR count). The van der Waals surface area contributed by atoms with Gasteiger partial charge in [-0.15, -0.1) is 0 Å². The van der Waals surface area contributed by atoms with Gasteiger partial charge in [0.1, 0.15) is 12.7 Å². The Morgan fingerprint density at radius 1 is 0.500 bits per heavy atom. The van der Waals surface area contributed by atoms with Crippen molar-refractivity contribution < 1.29 is 37.9 Å².